The van der Waals surface area contributed by atoms with Crippen molar-refractivity contribution in [2.45, 2.75) is 37.8 Å². The van der Waals surface area contributed by atoms with E-state index in [-0.39, 0.29) is 19.0 Å². The van der Waals surface area contributed by atoms with Gasteiger partial charge in [0.1, 0.15) is 11.6 Å². The Morgan fingerprint density at radius 3 is 2.27 bits per heavy atom. The number of aryl methyl sites for hydroxylation is 1. The number of alkyl halides is 3. The molecule has 0 atom stereocenters. The van der Waals surface area contributed by atoms with Gasteiger partial charge in [0.2, 0.25) is 10.0 Å². The zero-order valence-corrected chi connectivity index (χ0v) is 18.3. The van der Waals surface area contributed by atoms with Crippen molar-refractivity contribution in [1.29, 1.82) is 0 Å². The van der Waals surface area contributed by atoms with Crippen LogP contribution in [-0.4, -0.2) is 48.9 Å². The van der Waals surface area contributed by atoms with E-state index in [0.29, 0.717) is 30.8 Å². The Morgan fingerprint density at radius 2 is 1.70 bits per heavy atom. The molecule has 2 heterocycles. The van der Waals surface area contributed by atoms with E-state index in [4.69, 9.17) is 11.6 Å². The number of benzene rings is 1. The van der Waals surface area contributed by atoms with Crippen LogP contribution in [0.15, 0.2) is 29.2 Å². The predicted octanol–water partition coefficient (Wildman–Crippen LogP) is 4.09. The fourth-order valence-corrected chi connectivity index (χ4v) is 4.86. The van der Waals surface area contributed by atoms with Gasteiger partial charge < -0.3 is 4.90 Å². The monoisotopic (exact) mass is 462 g/mol. The van der Waals surface area contributed by atoms with Crippen LogP contribution in [0.3, 0.4) is 0 Å². The molecule has 164 valence electrons. The Hall–Kier alpha value is -1.91. The number of anilines is 1. The molecule has 11 heteroatoms. The molecular formula is C19H22ClF3N4O2S. The molecule has 1 aliphatic heterocycles. The predicted molar refractivity (Wildman–Crippen MR) is 108 cm³/mol. The summed E-state index contributed by atoms with van der Waals surface area (Å²) in [6.07, 6.45) is -4.74. The summed E-state index contributed by atoms with van der Waals surface area (Å²) in [6, 6.07) is 4.49. The van der Waals surface area contributed by atoms with Crippen molar-refractivity contribution in [3.63, 3.8) is 0 Å². The number of nitrogens with zero attached hydrogens (tertiary/aromatic N) is 4. The van der Waals surface area contributed by atoms with E-state index in [1.54, 1.807) is 0 Å². The first kappa shape index (κ1) is 22.8. The number of rotatable bonds is 4. The van der Waals surface area contributed by atoms with Gasteiger partial charge in [0, 0.05) is 43.9 Å². The van der Waals surface area contributed by atoms with Crippen LogP contribution < -0.4 is 4.90 Å². The van der Waals surface area contributed by atoms with Gasteiger partial charge in [-0.05, 0) is 25.1 Å². The summed E-state index contributed by atoms with van der Waals surface area (Å²) in [4.78, 5) is 10.5. The van der Waals surface area contributed by atoms with Crippen LogP contribution >= 0.6 is 11.6 Å². The lowest BCUT2D eigenvalue weighted by Crippen LogP contribution is -2.49. The van der Waals surface area contributed by atoms with Gasteiger partial charge in [-0.25, -0.2) is 18.4 Å². The third-order valence-corrected chi connectivity index (χ3v) is 7.04. The Balaban J connectivity index is 1.80. The van der Waals surface area contributed by atoms with E-state index in [0.717, 1.165) is 17.8 Å². The van der Waals surface area contributed by atoms with E-state index in [1.165, 1.54) is 4.31 Å². The molecule has 30 heavy (non-hydrogen) atoms. The second-order valence-corrected chi connectivity index (χ2v) is 9.76. The first-order valence-electron chi connectivity index (χ1n) is 9.37. The van der Waals surface area contributed by atoms with Crippen molar-refractivity contribution in [3.05, 3.63) is 46.4 Å². The van der Waals surface area contributed by atoms with E-state index in [1.807, 2.05) is 31.7 Å². The zero-order chi connectivity index (χ0) is 22.3. The van der Waals surface area contributed by atoms with Crippen molar-refractivity contribution in [1.82, 2.24) is 14.3 Å². The van der Waals surface area contributed by atoms with Crippen molar-refractivity contribution in [2.75, 3.05) is 31.1 Å². The van der Waals surface area contributed by atoms with Crippen LogP contribution in [0.25, 0.3) is 0 Å². The van der Waals surface area contributed by atoms with Crippen molar-refractivity contribution in [3.8, 4) is 0 Å². The molecule has 0 radical (unpaired) electrons. The first-order chi connectivity index (χ1) is 13.9. The molecule has 0 bridgehead atoms. The summed E-state index contributed by atoms with van der Waals surface area (Å²) in [5.41, 5.74) is -0.346. The summed E-state index contributed by atoms with van der Waals surface area (Å²) in [7, 11) is -4.08. The molecule has 1 aromatic heterocycles. The van der Waals surface area contributed by atoms with Gasteiger partial charge in [-0.2, -0.15) is 17.5 Å². The van der Waals surface area contributed by atoms with Crippen molar-refractivity contribution >= 4 is 27.4 Å². The SMILES string of the molecule is Cc1cc(N2CCN(S(=O)(=O)c3ccc(Cl)c(C(F)(F)F)c3)CC2)nc(C(C)C)n1. The maximum Gasteiger partial charge on any atom is 0.417 e. The molecule has 1 aliphatic rings. The van der Waals surface area contributed by atoms with E-state index < -0.39 is 31.7 Å². The number of hydrogen-bond acceptors (Lipinski definition) is 5. The van der Waals surface area contributed by atoms with Crippen LogP contribution in [0, 0.1) is 6.92 Å². The third kappa shape index (κ3) is 4.70. The molecule has 0 aliphatic carbocycles. The fraction of sp³-hybridized carbons (Fsp3) is 0.474. The third-order valence-electron chi connectivity index (χ3n) is 4.82. The van der Waals surface area contributed by atoms with Gasteiger partial charge in [0.25, 0.3) is 0 Å². The number of hydrogen-bond donors (Lipinski definition) is 0. The van der Waals surface area contributed by atoms with E-state index in [2.05, 4.69) is 9.97 Å². The highest BCUT2D eigenvalue weighted by molar-refractivity contribution is 7.89. The molecule has 6 nitrogen and oxygen atoms in total. The Bertz CT molecular complexity index is 1040. The minimum Gasteiger partial charge on any atom is -0.354 e. The summed E-state index contributed by atoms with van der Waals surface area (Å²) >= 11 is 5.60. The van der Waals surface area contributed by atoms with Crippen LogP contribution in [-0.2, 0) is 16.2 Å². The second kappa shape index (κ2) is 8.32. The highest BCUT2D eigenvalue weighted by Crippen LogP contribution is 2.36. The minimum atomic E-state index is -4.74. The quantitative estimate of drug-likeness (QED) is 0.684. The van der Waals surface area contributed by atoms with Gasteiger partial charge >= 0.3 is 6.18 Å². The summed E-state index contributed by atoms with van der Waals surface area (Å²) in [6.45, 7) is 6.85. The molecule has 1 saturated heterocycles. The molecule has 0 N–H and O–H groups in total. The topological polar surface area (TPSA) is 66.4 Å². The van der Waals surface area contributed by atoms with E-state index >= 15 is 0 Å². The molecule has 0 unspecified atom stereocenters. The van der Waals surface area contributed by atoms with E-state index in [9.17, 15) is 21.6 Å². The summed E-state index contributed by atoms with van der Waals surface area (Å²) in [5.74, 6) is 1.58. The molecule has 0 amide bonds. The van der Waals surface area contributed by atoms with Crippen LogP contribution in [0.5, 0.6) is 0 Å². The number of halogens is 4. The van der Waals surface area contributed by atoms with Gasteiger partial charge in [0.05, 0.1) is 15.5 Å². The van der Waals surface area contributed by atoms with Crippen LogP contribution in [0.2, 0.25) is 5.02 Å². The molecule has 1 aromatic carbocycles. The lowest BCUT2D eigenvalue weighted by atomic mass is 10.2. The van der Waals surface area contributed by atoms with Crippen molar-refractivity contribution in [2.24, 2.45) is 0 Å². The maximum atomic E-state index is 13.1. The van der Waals surface area contributed by atoms with Crippen LogP contribution in [0.4, 0.5) is 19.0 Å². The van der Waals surface area contributed by atoms with Crippen molar-refractivity contribution < 1.29 is 21.6 Å². The number of sulfonamides is 1. The summed E-state index contributed by atoms with van der Waals surface area (Å²) in [5, 5.41) is -0.536. The minimum absolute atomic E-state index is 0.131. The van der Waals surface area contributed by atoms with Gasteiger partial charge in [0.15, 0.2) is 0 Å². The molecule has 1 fully saturated rings. The number of aromatic nitrogens is 2. The molecule has 2 aromatic rings. The van der Waals surface area contributed by atoms with Crippen LogP contribution in [0.1, 0.15) is 36.8 Å². The molecule has 0 saturated carbocycles. The largest absolute Gasteiger partial charge is 0.417 e. The normalized spacial score (nSPS) is 16.3. The maximum absolute atomic E-state index is 13.1. The molecule has 0 spiro atoms. The van der Waals surface area contributed by atoms with Gasteiger partial charge in [-0.1, -0.05) is 25.4 Å². The smallest absolute Gasteiger partial charge is 0.354 e. The summed E-state index contributed by atoms with van der Waals surface area (Å²) < 4.78 is 66.3. The Labute approximate surface area is 178 Å². The van der Waals surface area contributed by atoms with Gasteiger partial charge in [-0.15, -0.1) is 0 Å². The lowest BCUT2D eigenvalue weighted by Gasteiger charge is -2.35. The average molecular weight is 463 g/mol. The average Bonchev–Trinajstić information content (AvgIpc) is 2.67. The standard InChI is InChI=1S/C19H22ClF3N4O2S/c1-12(2)18-24-13(3)10-17(25-18)26-6-8-27(9-7-26)30(28,29)14-4-5-16(20)15(11-14)19(21,22)23/h4-5,10-12H,6-9H2,1-3H3. The molecule has 3 rings (SSSR count). The molecular weight excluding hydrogens is 441 g/mol. The Morgan fingerprint density at radius 1 is 1.07 bits per heavy atom. The number of piperazine rings is 1. The highest BCUT2D eigenvalue weighted by atomic mass is 35.5. The first-order valence-corrected chi connectivity index (χ1v) is 11.2. The van der Waals surface area contributed by atoms with Gasteiger partial charge in [-0.3, -0.25) is 0 Å². The Kier molecular flexibility index (Phi) is 6.31. The second-order valence-electron chi connectivity index (χ2n) is 7.41. The zero-order valence-electron chi connectivity index (χ0n) is 16.7. The fourth-order valence-electron chi connectivity index (χ4n) is 3.18. The lowest BCUT2D eigenvalue weighted by molar-refractivity contribution is -0.137. The highest BCUT2D eigenvalue weighted by Gasteiger charge is 2.36.